The molecule has 2 atom stereocenters. The van der Waals surface area contributed by atoms with Gasteiger partial charge < -0.3 is 9.47 Å². The van der Waals surface area contributed by atoms with Gasteiger partial charge in [-0.1, -0.05) is 6.92 Å². The van der Waals surface area contributed by atoms with Gasteiger partial charge in [-0.15, -0.1) is 0 Å². The van der Waals surface area contributed by atoms with Gasteiger partial charge in [-0.2, -0.15) is 0 Å². The van der Waals surface area contributed by atoms with Crippen molar-refractivity contribution < 1.29 is 14.3 Å². The lowest BCUT2D eigenvalue weighted by molar-refractivity contribution is -0.147. The lowest BCUT2D eigenvalue weighted by atomic mass is 10.3. The molecule has 0 aromatic carbocycles. The minimum atomic E-state index is -0.0535. The Labute approximate surface area is 73.0 Å². The predicted molar refractivity (Wildman–Crippen MR) is 44.7 cm³/mol. The molecule has 0 saturated heterocycles. The van der Waals surface area contributed by atoms with E-state index < -0.39 is 0 Å². The van der Waals surface area contributed by atoms with E-state index in [1.807, 2.05) is 6.92 Å². The van der Waals surface area contributed by atoms with Crippen LogP contribution in [-0.4, -0.2) is 25.8 Å². The second-order valence-electron chi connectivity index (χ2n) is 3.18. The largest absolute Gasteiger partial charge is 0.463 e. The van der Waals surface area contributed by atoms with Crippen LogP contribution in [0.2, 0.25) is 0 Å². The van der Waals surface area contributed by atoms with Gasteiger partial charge in [-0.05, 0) is 19.3 Å². The summed E-state index contributed by atoms with van der Waals surface area (Å²) in [5.41, 5.74) is 0. The zero-order valence-corrected chi connectivity index (χ0v) is 7.71. The van der Waals surface area contributed by atoms with Gasteiger partial charge in [0.15, 0.2) is 0 Å². The highest BCUT2D eigenvalue weighted by Gasteiger charge is 2.40. The van der Waals surface area contributed by atoms with Crippen molar-refractivity contribution in [1.29, 1.82) is 0 Å². The average Bonchev–Trinajstić information content (AvgIpc) is 2.76. The number of esters is 1. The maximum atomic E-state index is 11.1. The smallest absolute Gasteiger partial charge is 0.309 e. The van der Waals surface area contributed by atoms with Crippen LogP contribution in [0.1, 0.15) is 20.3 Å². The fraction of sp³-hybridized carbons (Fsp3) is 0.889. The van der Waals surface area contributed by atoms with Gasteiger partial charge in [-0.3, -0.25) is 4.79 Å². The molecule has 1 saturated carbocycles. The molecule has 12 heavy (non-hydrogen) atoms. The molecule has 0 amide bonds. The number of ether oxygens (including phenoxy) is 2. The molecular weight excluding hydrogens is 156 g/mol. The second-order valence-corrected chi connectivity index (χ2v) is 3.18. The van der Waals surface area contributed by atoms with E-state index in [1.165, 1.54) is 0 Å². The van der Waals surface area contributed by atoms with Crippen LogP contribution in [0.25, 0.3) is 0 Å². The first-order valence-corrected chi connectivity index (χ1v) is 4.50. The van der Waals surface area contributed by atoms with Crippen molar-refractivity contribution in [3.63, 3.8) is 0 Å². The van der Waals surface area contributed by atoms with Gasteiger partial charge in [0.1, 0.15) is 6.61 Å². The molecule has 1 aliphatic rings. The standard InChI is InChI=1S/C9H16O3/c1-3-11-4-5-12-9(10)8-6-7(8)2/h7-8H,3-6H2,1-2H3/t7-,8-/m1/s1. The first kappa shape index (κ1) is 9.52. The predicted octanol–water partition coefficient (Wildman–Crippen LogP) is 1.22. The second kappa shape index (κ2) is 4.45. The lowest BCUT2D eigenvalue weighted by Gasteiger charge is -2.03. The molecular formula is C9H16O3. The Hall–Kier alpha value is -0.570. The maximum absolute atomic E-state index is 11.1. The van der Waals surface area contributed by atoms with E-state index in [-0.39, 0.29) is 11.9 Å². The summed E-state index contributed by atoms with van der Waals surface area (Å²) in [6.07, 6.45) is 0.994. The van der Waals surface area contributed by atoms with Gasteiger partial charge in [0.2, 0.25) is 0 Å². The molecule has 1 fully saturated rings. The first-order valence-electron chi connectivity index (χ1n) is 4.50. The molecule has 3 nitrogen and oxygen atoms in total. The van der Waals surface area contributed by atoms with Crippen molar-refractivity contribution in [1.82, 2.24) is 0 Å². The molecule has 3 heteroatoms. The molecule has 0 aromatic rings. The molecule has 1 aliphatic carbocycles. The third kappa shape index (κ3) is 2.81. The Kier molecular flexibility index (Phi) is 3.53. The summed E-state index contributed by atoms with van der Waals surface area (Å²) in [6.45, 7) is 5.58. The van der Waals surface area contributed by atoms with E-state index in [2.05, 4.69) is 6.92 Å². The summed E-state index contributed by atoms with van der Waals surface area (Å²) in [7, 11) is 0. The summed E-state index contributed by atoms with van der Waals surface area (Å²) in [4.78, 5) is 11.1. The summed E-state index contributed by atoms with van der Waals surface area (Å²) in [5, 5.41) is 0. The van der Waals surface area contributed by atoms with E-state index in [9.17, 15) is 4.79 Å². The molecule has 0 spiro atoms. The van der Waals surface area contributed by atoms with Crippen LogP contribution in [0.3, 0.4) is 0 Å². The first-order chi connectivity index (χ1) is 5.75. The van der Waals surface area contributed by atoms with Crippen molar-refractivity contribution in [2.75, 3.05) is 19.8 Å². The number of rotatable bonds is 5. The van der Waals surface area contributed by atoms with Gasteiger partial charge in [0.05, 0.1) is 12.5 Å². The summed E-state index contributed by atoms with van der Waals surface area (Å²) in [6, 6.07) is 0. The molecule has 0 radical (unpaired) electrons. The fourth-order valence-electron chi connectivity index (χ4n) is 1.10. The van der Waals surface area contributed by atoms with Crippen LogP contribution in [0.4, 0.5) is 0 Å². The van der Waals surface area contributed by atoms with Gasteiger partial charge in [0.25, 0.3) is 0 Å². The van der Waals surface area contributed by atoms with E-state index in [1.54, 1.807) is 0 Å². The summed E-state index contributed by atoms with van der Waals surface area (Å²) >= 11 is 0. The lowest BCUT2D eigenvalue weighted by Crippen LogP contribution is -2.12. The highest BCUT2D eigenvalue weighted by Crippen LogP contribution is 2.38. The Morgan fingerprint density at radius 1 is 1.50 bits per heavy atom. The van der Waals surface area contributed by atoms with Crippen molar-refractivity contribution in [2.45, 2.75) is 20.3 Å². The quantitative estimate of drug-likeness (QED) is 0.462. The zero-order valence-electron chi connectivity index (χ0n) is 7.71. The highest BCUT2D eigenvalue weighted by molar-refractivity contribution is 5.75. The van der Waals surface area contributed by atoms with E-state index in [4.69, 9.17) is 9.47 Å². The molecule has 1 rings (SSSR count). The zero-order chi connectivity index (χ0) is 8.97. The van der Waals surface area contributed by atoms with E-state index in [0.29, 0.717) is 25.7 Å². The normalized spacial score (nSPS) is 26.8. The SMILES string of the molecule is CCOCCOC(=O)[C@@H]1C[C@H]1C. The van der Waals surface area contributed by atoms with Crippen LogP contribution in [0.5, 0.6) is 0 Å². The maximum Gasteiger partial charge on any atom is 0.309 e. The number of carbonyl (C=O) groups excluding carboxylic acids is 1. The fourth-order valence-corrected chi connectivity index (χ4v) is 1.10. The van der Waals surface area contributed by atoms with Crippen LogP contribution in [-0.2, 0) is 14.3 Å². The summed E-state index contributed by atoms with van der Waals surface area (Å²) < 4.78 is 10.0. The molecule has 0 N–H and O–H groups in total. The van der Waals surface area contributed by atoms with Gasteiger partial charge in [0, 0.05) is 6.61 Å². The third-order valence-electron chi connectivity index (χ3n) is 2.09. The van der Waals surface area contributed by atoms with E-state index >= 15 is 0 Å². The summed E-state index contributed by atoms with van der Waals surface area (Å²) in [5.74, 6) is 0.651. The third-order valence-corrected chi connectivity index (χ3v) is 2.09. The minimum Gasteiger partial charge on any atom is -0.463 e. The Morgan fingerprint density at radius 2 is 2.17 bits per heavy atom. The number of carbonyl (C=O) groups is 1. The van der Waals surface area contributed by atoms with Crippen LogP contribution in [0, 0.1) is 11.8 Å². The van der Waals surface area contributed by atoms with Crippen LogP contribution >= 0.6 is 0 Å². The van der Waals surface area contributed by atoms with Crippen molar-refractivity contribution in [2.24, 2.45) is 11.8 Å². The molecule has 0 aromatic heterocycles. The van der Waals surface area contributed by atoms with Crippen molar-refractivity contribution in [3.05, 3.63) is 0 Å². The Bertz CT molecular complexity index is 156. The molecule has 0 unspecified atom stereocenters. The Morgan fingerprint density at radius 3 is 2.67 bits per heavy atom. The number of hydrogen-bond acceptors (Lipinski definition) is 3. The topological polar surface area (TPSA) is 35.5 Å². The Balaban J connectivity index is 1.96. The highest BCUT2D eigenvalue weighted by atomic mass is 16.6. The number of hydrogen-bond donors (Lipinski definition) is 0. The average molecular weight is 172 g/mol. The van der Waals surface area contributed by atoms with Crippen LogP contribution < -0.4 is 0 Å². The molecule has 0 bridgehead atoms. The molecule has 0 heterocycles. The van der Waals surface area contributed by atoms with Gasteiger partial charge >= 0.3 is 5.97 Å². The van der Waals surface area contributed by atoms with Crippen molar-refractivity contribution in [3.8, 4) is 0 Å². The monoisotopic (exact) mass is 172 g/mol. The van der Waals surface area contributed by atoms with Crippen molar-refractivity contribution >= 4 is 5.97 Å². The molecule has 0 aliphatic heterocycles. The van der Waals surface area contributed by atoms with E-state index in [0.717, 1.165) is 6.42 Å². The van der Waals surface area contributed by atoms with Gasteiger partial charge in [-0.25, -0.2) is 0 Å². The minimum absolute atomic E-state index is 0.0535. The van der Waals surface area contributed by atoms with Crippen LogP contribution in [0.15, 0.2) is 0 Å². The molecule has 70 valence electrons.